The first kappa shape index (κ1) is 13.7. The summed E-state index contributed by atoms with van der Waals surface area (Å²) in [7, 11) is 1.66. The molecule has 1 N–H and O–H groups in total. The van der Waals surface area contributed by atoms with Gasteiger partial charge in [0.25, 0.3) is 0 Å². The van der Waals surface area contributed by atoms with Crippen molar-refractivity contribution >= 4 is 12.0 Å². The molecule has 0 saturated heterocycles. The van der Waals surface area contributed by atoms with Crippen molar-refractivity contribution in [3.05, 3.63) is 35.4 Å². The summed E-state index contributed by atoms with van der Waals surface area (Å²) in [5, 5.41) is 20.1. The molecule has 0 unspecified atom stereocenters. The van der Waals surface area contributed by atoms with Gasteiger partial charge in [0.2, 0.25) is 5.82 Å². The van der Waals surface area contributed by atoms with Crippen molar-refractivity contribution in [1.82, 2.24) is 25.2 Å². The van der Waals surface area contributed by atoms with Crippen LogP contribution in [0.3, 0.4) is 0 Å². The molecule has 8 heteroatoms. The van der Waals surface area contributed by atoms with Crippen LogP contribution in [-0.2, 0) is 18.4 Å². The number of carboxylic acids is 1. The van der Waals surface area contributed by atoms with Crippen LogP contribution in [0.4, 0.5) is 0 Å². The fourth-order valence-corrected chi connectivity index (χ4v) is 1.48. The van der Waals surface area contributed by atoms with E-state index >= 15 is 0 Å². The van der Waals surface area contributed by atoms with E-state index in [4.69, 9.17) is 9.84 Å². The molecule has 2 heterocycles. The zero-order valence-electron chi connectivity index (χ0n) is 11.0. The number of tetrazole rings is 1. The molecule has 0 saturated carbocycles. The van der Waals surface area contributed by atoms with Crippen molar-refractivity contribution in [1.29, 1.82) is 0 Å². The van der Waals surface area contributed by atoms with Gasteiger partial charge in [0.15, 0.2) is 6.61 Å². The average Bonchev–Trinajstić information content (AvgIpc) is 2.81. The molecule has 0 bridgehead atoms. The van der Waals surface area contributed by atoms with E-state index in [0.717, 1.165) is 11.8 Å². The van der Waals surface area contributed by atoms with Gasteiger partial charge < -0.3 is 9.84 Å². The molecule has 20 heavy (non-hydrogen) atoms. The molecule has 2 aromatic heterocycles. The highest BCUT2D eigenvalue weighted by Crippen LogP contribution is 2.19. The highest BCUT2D eigenvalue weighted by Gasteiger charge is 2.07. The van der Waals surface area contributed by atoms with E-state index in [0.29, 0.717) is 17.3 Å². The maximum Gasteiger partial charge on any atom is 0.328 e. The summed E-state index contributed by atoms with van der Waals surface area (Å²) in [6.07, 6.45) is 2.39. The van der Waals surface area contributed by atoms with Crippen LogP contribution in [-0.4, -0.2) is 36.3 Å². The predicted octanol–water partition coefficient (Wildman–Crippen LogP) is 0.590. The topological polar surface area (TPSA) is 103 Å². The first-order chi connectivity index (χ1) is 9.54. The zero-order chi connectivity index (χ0) is 14.5. The number of hydrogen-bond donors (Lipinski definition) is 1. The van der Waals surface area contributed by atoms with Crippen molar-refractivity contribution in [2.75, 3.05) is 0 Å². The minimum absolute atomic E-state index is 0.131. The largest absolute Gasteiger partial charge is 0.483 e. The minimum atomic E-state index is -1.05. The molecular formula is C12H13N5O3. The lowest BCUT2D eigenvalue weighted by molar-refractivity contribution is -0.131. The first-order valence-corrected chi connectivity index (χ1v) is 5.79. The number of aryl methyl sites for hydroxylation is 2. The standard InChI is InChI=1S/C12H13N5O3/c1-8-3-5-10(9(13-8)4-6-12(18)19)20-7-11-14-16-17(2)15-11/h3-6H,7H2,1-2H3,(H,18,19)/b6-4+. The Morgan fingerprint density at radius 3 is 2.95 bits per heavy atom. The summed E-state index contributed by atoms with van der Waals surface area (Å²) in [6, 6.07) is 3.50. The number of nitrogens with zero attached hydrogens (tertiary/aromatic N) is 5. The van der Waals surface area contributed by atoms with Gasteiger partial charge in [0.05, 0.1) is 7.05 Å². The number of aromatic nitrogens is 5. The lowest BCUT2D eigenvalue weighted by atomic mass is 10.2. The van der Waals surface area contributed by atoms with E-state index in [1.165, 1.54) is 10.9 Å². The van der Waals surface area contributed by atoms with Crippen LogP contribution in [0.5, 0.6) is 5.75 Å². The van der Waals surface area contributed by atoms with Gasteiger partial charge in [-0.2, -0.15) is 4.80 Å². The molecule has 0 aliphatic heterocycles. The second-order valence-electron chi connectivity index (χ2n) is 3.99. The molecule has 0 aliphatic carbocycles. The van der Waals surface area contributed by atoms with Crippen molar-refractivity contribution in [2.45, 2.75) is 13.5 Å². The molecular weight excluding hydrogens is 262 g/mol. The van der Waals surface area contributed by atoms with E-state index in [2.05, 4.69) is 20.4 Å². The lowest BCUT2D eigenvalue weighted by Gasteiger charge is -2.07. The molecule has 0 fully saturated rings. The number of pyridine rings is 1. The zero-order valence-corrected chi connectivity index (χ0v) is 11.0. The number of ether oxygens (including phenoxy) is 1. The van der Waals surface area contributed by atoms with Gasteiger partial charge in [0, 0.05) is 11.8 Å². The van der Waals surface area contributed by atoms with Crippen LogP contribution < -0.4 is 4.74 Å². The molecule has 0 radical (unpaired) electrons. The Morgan fingerprint density at radius 2 is 2.30 bits per heavy atom. The van der Waals surface area contributed by atoms with Crippen LogP contribution in [0.15, 0.2) is 18.2 Å². The Labute approximate surface area is 114 Å². The molecule has 0 aromatic carbocycles. The third-order valence-corrected chi connectivity index (χ3v) is 2.32. The van der Waals surface area contributed by atoms with Gasteiger partial charge in [-0.1, -0.05) is 0 Å². The van der Waals surface area contributed by atoms with Gasteiger partial charge >= 0.3 is 5.97 Å². The van der Waals surface area contributed by atoms with E-state index < -0.39 is 5.97 Å². The van der Waals surface area contributed by atoms with E-state index in [-0.39, 0.29) is 6.61 Å². The molecule has 8 nitrogen and oxygen atoms in total. The average molecular weight is 275 g/mol. The molecule has 0 spiro atoms. The maximum absolute atomic E-state index is 10.6. The van der Waals surface area contributed by atoms with E-state index in [1.54, 1.807) is 19.2 Å². The summed E-state index contributed by atoms with van der Waals surface area (Å²) < 4.78 is 5.54. The molecule has 104 valence electrons. The van der Waals surface area contributed by atoms with Crippen molar-refractivity contribution < 1.29 is 14.6 Å². The van der Waals surface area contributed by atoms with Crippen LogP contribution in [0.25, 0.3) is 6.08 Å². The van der Waals surface area contributed by atoms with Gasteiger partial charge in [0.1, 0.15) is 11.4 Å². The fourth-order valence-electron chi connectivity index (χ4n) is 1.48. The van der Waals surface area contributed by atoms with Crippen molar-refractivity contribution in [3.63, 3.8) is 0 Å². The van der Waals surface area contributed by atoms with Crippen LogP contribution in [0, 0.1) is 6.92 Å². The predicted molar refractivity (Wildman–Crippen MR) is 68.8 cm³/mol. The van der Waals surface area contributed by atoms with Crippen molar-refractivity contribution in [3.8, 4) is 5.75 Å². The highest BCUT2D eigenvalue weighted by molar-refractivity contribution is 5.85. The second kappa shape index (κ2) is 5.91. The minimum Gasteiger partial charge on any atom is -0.483 e. The summed E-state index contributed by atoms with van der Waals surface area (Å²) in [4.78, 5) is 16.1. The van der Waals surface area contributed by atoms with Gasteiger partial charge in [-0.3, -0.25) is 0 Å². The molecule has 2 rings (SSSR count). The summed E-state index contributed by atoms with van der Waals surface area (Å²) in [5.41, 5.74) is 1.20. The van der Waals surface area contributed by atoms with E-state index in [1.807, 2.05) is 6.92 Å². The number of rotatable bonds is 5. The van der Waals surface area contributed by atoms with Gasteiger partial charge in [-0.05, 0) is 30.3 Å². The van der Waals surface area contributed by atoms with Crippen molar-refractivity contribution in [2.24, 2.45) is 7.05 Å². The normalized spacial score (nSPS) is 10.9. The third-order valence-electron chi connectivity index (χ3n) is 2.32. The smallest absolute Gasteiger partial charge is 0.328 e. The molecule has 0 atom stereocenters. The Balaban J connectivity index is 2.15. The molecule has 2 aromatic rings. The Morgan fingerprint density at radius 1 is 1.50 bits per heavy atom. The number of carboxylic acid groups (broad SMARTS) is 1. The summed E-state index contributed by atoms with van der Waals surface area (Å²) >= 11 is 0. The first-order valence-electron chi connectivity index (χ1n) is 5.79. The summed E-state index contributed by atoms with van der Waals surface area (Å²) in [6.45, 7) is 1.94. The van der Waals surface area contributed by atoms with Crippen LogP contribution >= 0.6 is 0 Å². The third kappa shape index (κ3) is 3.61. The van der Waals surface area contributed by atoms with E-state index in [9.17, 15) is 4.79 Å². The number of aliphatic carboxylic acids is 1. The monoisotopic (exact) mass is 275 g/mol. The number of carbonyl (C=O) groups is 1. The molecule has 0 aliphatic rings. The SMILES string of the molecule is Cc1ccc(OCc2nnn(C)n2)c(/C=C/C(=O)O)n1. The van der Waals surface area contributed by atoms with Crippen LogP contribution in [0.1, 0.15) is 17.2 Å². The van der Waals surface area contributed by atoms with Gasteiger partial charge in [-0.15, -0.1) is 10.2 Å². The Kier molecular flexibility index (Phi) is 4.04. The second-order valence-corrected chi connectivity index (χ2v) is 3.99. The quantitative estimate of drug-likeness (QED) is 0.796. The molecule has 0 amide bonds. The Bertz CT molecular complexity index is 650. The maximum atomic E-state index is 10.6. The lowest BCUT2D eigenvalue weighted by Crippen LogP contribution is -2.02. The fraction of sp³-hybridized carbons (Fsp3) is 0.250. The van der Waals surface area contributed by atoms with Gasteiger partial charge in [-0.25, -0.2) is 9.78 Å². The Hall–Kier alpha value is -2.77. The summed E-state index contributed by atoms with van der Waals surface area (Å²) in [5.74, 6) is -0.156. The highest BCUT2D eigenvalue weighted by atomic mass is 16.5. The van der Waals surface area contributed by atoms with Crippen LogP contribution in [0.2, 0.25) is 0 Å². The number of hydrogen-bond acceptors (Lipinski definition) is 6.